The molecule has 1 aromatic heterocycles. The van der Waals surface area contributed by atoms with Gasteiger partial charge in [-0.05, 0) is 60.7 Å². The van der Waals surface area contributed by atoms with Gasteiger partial charge >= 0.3 is 0 Å². The molecule has 1 aliphatic rings. The molecule has 3 aromatic carbocycles. The smallest absolute Gasteiger partial charge is 0.234 e. The third-order valence-corrected chi connectivity index (χ3v) is 6.41. The van der Waals surface area contributed by atoms with E-state index in [0.29, 0.717) is 46.4 Å². The molecule has 0 bridgehead atoms. The third-order valence-electron chi connectivity index (χ3n) is 5.22. The molecule has 0 fully saturated rings. The lowest BCUT2D eigenvalue weighted by Gasteiger charge is -2.19. The average Bonchev–Trinajstić information content (AvgIpc) is 3.32. The second kappa shape index (κ2) is 10.3. The Morgan fingerprint density at radius 2 is 1.77 bits per heavy atom. The van der Waals surface area contributed by atoms with Crippen LogP contribution in [0.3, 0.4) is 0 Å². The van der Waals surface area contributed by atoms with Gasteiger partial charge in [0.05, 0.1) is 12.9 Å². The van der Waals surface area contributed by atoms with Crippen LogP contribution in [0.2, 0.25) is 5.02 Å². The highest BCUT2D eigenvalue weighted by atomic mass is 35.5. The molecule has 178 valence electrons. The van der Waals surface area contributed by atoms with Crippen LogP contribution in [0.5, 0.6) is 17.2 Å². The van der Waals surface area contributed by atoms with E-state index < -0.39 is 0 Å². The molecule has 0 saturated heterocycles. The number of aromatic nitrogens is 3. The Labute approximate surface area is 211 Å². The Bertz CT molecular complexity index is 1340. The number of hydrogen-bond acceptors (Lipinski definition) is 7. The maximum absolute atomic E-state index is 12.7. The summed E-state index contributed by atoms with van der Waals surface area (Å²) in [5.74, 6) is 2.64. The summed E-state index contributed by atoms with van der Waals surface area (Å²) in [6.45, 7) is 0.999. The van der Waals surface area contributed by atoms with Crippen molar-refractivity contribution in [2.45, 2.75) is 5.16 Å². The van der Waals surface area contributed by atoms with Gasteiger partial charge in [-0.1, -0.05) is 23.4 Å². The Morgan fingerprint density at radius 1 is 1.03 bits per heavy atom. The third kappa shape index (κ3) is 5.21. The molecule has 8 nitrogen and oxygen atoms in total. The fourth-order valence-electron chi connectivity index (χ4n) is 3.56. The lowest BCUT2D eigenvalue weighted by atomic mass is 10.2. The molecule has 0 radical (unpaired) electrons. The van der Waals surface area contributed by atoms with Crippen LogP contribution in [-0.4, -0.2) is 46.7 Å². The summed E-state index contributed by atoms with van der Waals surface area (Å²) in [6, 6.07) is 20.3. The van der Waals surface area contributed by atoms with Crippen molar-refractivity contribution in [1.29, 1.82) is 0 Å². The van der Waals surface area contributed by atoms with Crippen molar-refractivity contribution in [3.8, 4) is 34.3 Å². The van der Waals surface area contributed by atoms with Gasteiger partial charge in [0.25, 0.3) is 0 Å². The molecule has 0 aliphatic carbocycles. The zero-order valence-electron chi connectivity index (χ0n) is 18.7. The Hall–Kier alpha value is -3.69. The van der Waals surface area contributed by atoms with Crippen molar-refractivity contribution in [3.63, 3.8) is 0 Å². The number of halogens is 1. The van der Waals surface area contributed by atoms with Gasteiger partial charge in [0.1, 0.15) is 19.0 Å². The highest BCUT2D eigenvalue weighted by molar-refractivity contribution is 7.99. The number of nitrogens with one attached hydrogen (secondary N) is 1. The summed E-state index contributed by atoms with van der Waals surface area (Å²) in [7, 11) is 1.62. The van der Waals surface area contributed by atoms with Gasteiger partial charge in [0, 0.05) is 28.0 Å². The SMILES string of the molecule is COc1ccc(-n2c(SCC(=O)Nc3ccc4c(c3)OCCO4)nnc2-c2ccc(Cl)cc2)cc1. The normalized spacial score (nSPS) is 12.3. The molecule has 35 heavy (non-hydrogen) atoms. The molecule has 0 unspecified atom stereocenters. The van der Waals surface area contributed by atoms with Crippen LogP contribution < -0.4 is 19.5 Å². The molecule has 0 saturated carbocycles. The molecule has 4 aromatic rings. The van der Waals surface area contributed by atoms with Gasteiger partial charge in [-0.2, -0.15) is 0 Å². The highest BCUT2D eigenvalue weighted by Crippen LogP contribution is 2.33. The van der Waals surface area contributed by atoms with Crippen molar-refractivity contribution in [2.24, 2.45) is 0 Å². The number of amides is 1. The number of rotatable bonds is 7. The summed E-state index contributed by atoms with van der Waals surface area (Å²) in [4.78, 5) is 12.7. The summed E-state index contributed by atoms with van der Waals surface area (Å²) in [6.07, 6.45) is 0. The molecule has 1 N–H and O–H groups in total. The van der Waals surface area contributed by atoms with E-state index in [1.807, 2.05) is 41.0 Å². The molecular weight excluding hydrogens is 488 g/mol. The lowest BCUT2D eigenvalue weighted by Crippen LogP contribution is -2.17. The minimum Gasteiger partial charge on any atom is -0.497 e. The second-order valence-corrected chi connectivity index (χ2v) is 8.92. The largest absolute Gasteiger partial charge is 0.497 e. The zero-order valence-corrected chi connectivity index (χ0v) is 20.3. The van der Waals surface area contributed by atoms with E-state index >= 15 is 0 Å². The van der Waals surface area contributed by atoms with Gasteiger partial charge < -0.3 is 19.5 Å². The van der Waals surface area contributed by atoms with Crippen LogP contribution >= 0.6 is 23.4 Å². The molecule has 1 amide bonds. The number of nitrogens with zero attached hydrogens (tertiary/aromatic N) is 3. The van der Waals surface area contributed by atoms with Crippen LogP contribution in [0.15, 0.2) is 71.9 Å². The molecule has 1 aliphatic heterocycles. The molecule has 5 rings (SSSR count). The zero-order chi connectivity index (χ0) is 24.2. The summed E-state index contributed by atoms with van der Waals surface area (Å²) in [5.41, 5.74) is 2.33. The summed E-state index contributed by atoms with van der Waals surface area (Å²) < 4.78 is 18.3. The van der Waals surface area contributed by atoms with E-state index in [4.69, 9.17) is 25.8 Å². The fraction of sp³-hybridized carbons (Fsp3) is 0.160. The number of ether oxygens (including phenoxy) is 3. The predicted octanol–water partition coefficient (Wildman–Crippen LogP) is 5.10. The van der Waals surface area contributed by atoms with Crippen LogP contribution in [0.25, 0.3) is 17.1 Å². The number of benzene rings is 3. The number of methoxy groups -OCH3 is 1. The Balaban J connectivity index is 1.37. The van der Waals surface area contributed by atoms with Crippen molar-refractivity contribution < 1.29 is 19.0 Å². The number of thioether (sulfide) groups is 1. The summed E-state index contributed by atoms with van der Waals surface area (Å²) >= 11 is 7.36. The molecular formula is C25H21ClN4O4S. The van der Waals surface area contributed by atoms with Crippen LogP contribution in [0, 0.1) is 0 Å². The maximum atomic E-state index is 12.7. The van der Waals surface area contributed by atoms with Gasteiger partial charge in [0.2, 0.25) is 5.91 Å². The first-order chi connectivity index (χ1) is 17.1. The van der Waals surface area contributed by atoms with E-state index in [1.54, 1.807) is 37.4 Å². The average molecular weight is 509 g/mol. The number of carbonyl (C=O) groups excluding carboxylic acids is 1. The number of anilines is 1. The van der Waals surface area contributed by atoms with E-state index in [0.717, 1.165) is 17.0 Å². The van der Waals surface area contributed by atoms with E-state index in [9.17, 15) is 4.79 Å². The van der Waals surface area contributed by atoms with Crippen LogP contribution in [0.4, 0.5) is 5.69 Å². The van der Waals surface area contributed by atoms with Crippen molar-refractivity contribution in [1.82, 2.24) is 14.8 Å². The fourth-order valence-corrected chi connectivity index (χ4v) is 4.44. The first-order valence-corrected chi connectivity index (χ1v) is 12.1. The highest BCUT2D eigenvalue weighted by Gasteiger charge is 2.18. The number of carbonyl (C=O) groups is 1. The lowest BCUT2D eigenvalue weighted by molar-refractivity contribution is -0.113. The van der Waals surface area contributed by atoms with Gasteiger partial charge in [0.15, 0.2) is 22.5 Å². The van der Waals surface area contributed by atoms with Gasteiger partial charge in [-0.25, -0.2) is 0 Å². The molecule has 0 spiro atoms. The van der Waals surface area contributed by atoms with Crippen molar-refractivity contribution >= 4 is 35.0 Å². The minimum absolute atomic E-state index is 0.142. The first-order valence-electron chi connectivity index (χ1n) is 10.8. The molecule has 0 atom stereocenters. The number of hydrogen-bond donors (Lipinski definition) is 1. The van der Waals surface area contributed by atoms with Crippen LogP contribution in [-0.2, 0) is 4.79 Å². The Morgan fingerprint density at radius 3 is 2.51 bits per heavy atom. The van der Waals surface area contributed by atoms with E-state index in [2.05, 4.69) is 15.5 Å². The maximum Gasteiger partial charge on any atom is 0.234 e. The van der Waals surface area contributed by atoms with E-state index in [-0.39, 0.29) is 11.7 Å². The molecule has 2 heterocycles. The monoisotopic (exact) mass is 508 g/mol. The van der Waals surface area contributed by atoms with Crippen molar-refractivity contribution in [3.05, 3.63) is 71.8 Å². The van der Waals surface area contributed by atoms with Gasteiger partial charge in [-0.3, -0.25) is 9.36 Å². The standard InChI is InChI=1S/C25H21ClN4O4S/c1-32-20-9-7-19(8-10-20)30-24(16-2-4-17(26)5-3-16)28-29-25(30)35-15-23(31)27-18-6-11-21-22(14-18)34-13-12-33-21/h2-11,14H,12-13,15H2,1H3,(H,27,31). The van der Waals surface area contributed by atoms with E-state index in [1.165, 1.54) is 11.8 Å². The topological polar surface area (TPSA) is 87.5 Å². The number of fused-ring (bicyclic) bond motifs is 1. The summed E-state index contributed by atoms with van der Waals surface area (Å²) in [5, 5.41) is 12.9. The Kier molecular flexibility index (Phi) is 6.78. The van der Waals surface area contributed by atoms with Crippen LogP contribution in [0.1, 0.15) is 0 Å². The van der Waals surface area contributed by atoms with Gasteiger partial charge in [-0.15, -0.1) is 10.2 Å². The first kappa shape index (κ1) is 23.1. The van der Waals surface area contributed by atoms with Crippen molar-refractivity contribution in [2.75, 3.05) is 31.4 Å². The molecule has 10 heteroatoms. The quantitative estimate of drug-likeness (QED) is 0.347. The predicted molar refractivity (Wildman–Crippen MR) is 135 cm³/mol. The second-order valence-electron chi connectivity index (χ2n) is 7.54. The minimum atomic E-state index is -0.177.